The Labute approximate surface area is 80.8 Å². The average molecular weight is 200 g/mol. The Bertz CT molecular complexity index is 325. The number of carboxylic acid groups (broad SMARTS) is 1. The van der Waals surface area contributed by atoms with Crippen molar-refractivity contribution < 1.29 is 14.3 Å². The molecular formula is C9H9FO2S. The highest BCUT2D eigenvalue weighted by molar-refractivity contribution is 7.80. The molecule has 0 spiro atoms. The third-order valence-electron chi connectivity index (χ3n) is 1.68. The summed E-state index contributed by atoms with van der Waals surface area (Å²) >= 11 is 3.95. The molecule has 1 aromatic rings. The Kier molecular flexibility index (Phi) is 3.31. The maximum absolute atomic E-state index is 12.9. The van der Waals surface area contributed by atoms with Crippen molar-refractivity contribution in [2.45, 2.75) is 17.7 Å². The molecule has 0 heterocycles. The molecule has 0 fully saturated rings. The van der Waals surface area contributed by atoms with Crippen molar-refractivity contribution in [2.75, 3.05) is 0 Å². The van der Waals surface area contributed by atoms with Gasteiger partial charge in [-0.2, -0.15) is 0 Å². The zero-order chi connectivity index (χ0) is 9.84. The summed E-state index contributed by atoms with van der Waals surface area (Å²) in [6, 6.07) is 4.52. The van der Waals surface area contributed by atoms with E-state index in [1.165, 1.54) is 6.07 Å². The van der Waals surface area contributed by atoms with Gasteiger partial charge in [0.1, 0.15) is 5.82 Å². The molecular weight excluding hydrogens is 191 g/mol. The van der Waals surface area contributed by atoms with Crippen molar-refractivity contribution in [3.8, 4) is 0 Å². The van der Waals surface area contributed by atoms with Crippen LogP contribution in [-0.2, 0) is 11.2 Å². The topological polar surface area (TPSA) is 37.3 Å². The third-order valence-corrected chi connectivity index (χ3v) is 2.18. The first-order chi connectivity index (χ1) is 6.11. The highest BCUT2D eigenvalue weighted by atomic mass is 32.1. The van der Waals surface area contributed by atoms with E-state index in [2.05, 4.69) is 12.6 Å². The van der Waals surface area contributed by atoms with Gasteiger partial charge in [0.2, 0.25) is 0 Å². The Balaban J connectivity index is 2.77. The SMILES string of the molecule is O=C(O)CCc1cccc(F)c1S. The molecule has 0 amide bonds. The zero-order valence-electron chi connectivity index (χ0n) is 6.83. The largest absolute Gasteiger partial charge is 0.481 e. The predicted molar refractivity (Wildman–Crippen MR) is 49.6 cm³/mol. The summed E-state index contributed by atoms with van der Waals surface area (Å²) in [5.74, 6) is -1.30. The molecule has 0 aliphatic heterocycles. The molecule has 13 heavy (non-hydrogen) atoms. The summed E-state index contributed by atoms with van der Waals surface area (Å²) < 4.78 is 12.9. The van der Waals surface area contributed by atoms with Crippen LogP contribution in [0, 0.1) is 5.82 Å². The van der Waals surface area contributed by atoms with Crippen molar-refractivity contribution in [3.63, 3.8) is 0 Å². The quantitative estimate of drug-likeness (QED) is 0.733. The summed E-state index contributed by atoms with van der Waals surface area (Å²) in [5.41, 5.74) is 0.630. The van der Waals surface area contributed by atoms with Crippen LogP contribution in [0.3, 0.4) is 0 Å². The molecule has 1 N–H and O–H groups in total. The van der Waals surface area contributed by atoms with Crippen LogP contribution in [0.25, 0.3) is 0 Å². The maximum atomic E-state index is 12.9. The lowest BCUT2D eigenvalue weighted by molar-refractivity contribution is -0.136. The van der Waals surface area contributed by atoms with Crippen LogP contribution in [0.2, 0.25) is 0 Å². The summed E-state index contributed by atoms with van der Waals surface area (Å²) in [7, 11) is 0. The minimum absolute atomic E-state index is 0.00296. The van der Waals surface area contributed by atoms with Gasteiger partial charge in [0.25, 0.3) is 0 Å². The van der Waals surface area contributed by atoms with Gasteiger partial charge < -0.3 is 5.11 Å². The predicted octanol–water partition coefficient (Wildman–Crippen LogP) is 2.13. The molecule has 0 aliphatic rings. The fraction of sp³-hybridized carbons (Fsp3) is 0.222. The van der Waals surface area contributed by atoms with Gasteiger partial charge in [-0.15, -0.1) is 12.6 Å². The van der Waals surface area contributed by atoms with Crippen molar-refractivity contribution in [1.82, 2.24) is 0 Å². The molecule has 0 unspecified atom stereocenters. The number of carbonyl (C=O) groups is 1. The van der Waals surface area contributed by atoms with E-state index < -0.39 is 11.8 Å². The van der Waals surface area contributed by atoms with Gasteiger partial charge in [-0.3, -0.25) is 4.79 Å². The van der Waals surface area contributed by atoms with Gasteiger partial charge in [0.05, 0.1) is 0 Å². The van der Waals surface area contributed by atoms with Crippen LogP contribution in [0.5, 0.6) is 0 Å². The van der Waals surface area contributed by atoms with E-state index in [1.807, 2.05) is 0 Å². The lowest BCUT2D eigenvalue weighted by Gasteiger charge is -2.03. The summed E-state index contributed by atoms with van der Waals surface area (Å²) in [6.07, 6.45) is 0.308. The van der Waals surface area contributed by atoms with E-state index in [0.29, 0.717) is 12.0 Å². The lowest BCUT2D eigenvalue weighted by atomic mass is 10.1. The molecule has 0 bridgehead atoms. The Morgan fingerprint density at radius 3 is 2.85 bits per heavy atom. The van der Waals surface area contributed by atoms with E-state index in [-0.39, 0.29) is 11.3 Å². The van der Waals surface area contributed by atoms with Crippen LogP contribution in [0.1, 0.15) is 12.0 Å². The maximum Gasteiger partial charge on any atom is 0.303 e. The second-order valence-corrected chi connectivity index (χ2v) is 3.09. The Hall–Kier alpha value is -1.03. The molecule has 1 aromatic carbocycles. The monoisotopic (exact) mass is 200 g/mol. The minimum atomic E-state index is -0.892. The zero-order valence-corrected chi connectivity index (χ0v) is 7.72. The molecule has 4 heteroatoms. The van der Waals surface area contributed by atoms with Crippen LogP contribution >= 0.6 is 12.6 Å². The van der Waals surface area contributed by atoms with Crippen LogP contribution in [0.4, 0.5) is 4.39 Å². The van der Waals surface area contributed by atoms with Crippen LogP contribution < -0.4 is 0 Å². The molecule has 0 atom stereocenters. The second kappa shape index (κ2) is 4.28. The standard InChI is InChI=1S/C9H9FO2S/c10-7-3-1-2-6(9(7)13)4-5-8(11)12/h1-3,13H,4-5H2,(H,11,12). The van der Waals surface area contributed by atoms with Gasteiger partial charge in [-0.25, -0.2) is 4.39 Å². The fourth-order valence-corrected chi connectivity index (χ4v) is 1.26. The number of aliphatic carboxylic acids is 1. The van der Waals surface area contributed by atoms with Gasteiger partial charge in [-0.1, -0.05) is 12.1 Å². The van der Waals surface area contributed by atoms with E-state index >= 15 is 0 Å². The Morgan fingerprint density at radius 1 is 1.54 bits per heavy atom. The average Bonchev–Trinajstić information content (AvgIpc) is 2.07. The van der Waals surface area contributed by atoms with E-state index in [1.54, 1.807) is 12.1 Å². The Morgan fingerprint density at radius 2 is 2.23 bits per heavy atom. The van der Waals surface area contributed by atoms with Crippen molar-refractivity contribution in [1.29, 1.82) is 0 Å². The molecule has 70 valence electrons. The van der Waals surface area contributed by atoms with Crippen molar-refractivity contribution in [3.05, 3.63) is 29.6 Å². The number of benzene rings is 1. The first kappa shape index (κ1) is 10.1. The number of aryl methyl sites for hydroxylation is 1. The minimum Gasteiger partial charge on any atom is -0.481 e. The van der Waals surface area contributed by atoms with E-state index in [4.69, 9.17) is 5.11 Å². The molecule has 2 nitrogen and oxygen atoms in total. The number of halogens is 1. The van der Waals surface area contributed by atoms with Crippen LogP contribution in [-0.4, -0.2) is 11.1 Å². The molecule has 0 saturated carbocycles. The molecule has 0 aromatic heterocycles. The van der Waals surface area contributed by atoms with E-state index in [9.17, 15) is 9.18 Å². The smallest absolute Gasteiger partial charge is 0.303 e. The van der Waals surface area contributed by atoms with Gasteiger partial charge in [-0.05, 0) is 18.1 Å². The van der Waals surface area contributed by atoms with Crippen molar-refractivity contribution in [2.24, 2.45) is 0 Å². The summed E-state index contributed by atoms with van der Waals surface area (Å²) in [6.45, 7) is 0. The van der Waals surface area contributed by atoms with Crippen molar-refractivity contribution >= 4 is 18.6 Å². The van der Waals surface area contributed by atoms with Gasteiger partial charge >= 0.3 is 5.97 Å². The number of thiol groups is 1. The molecule has 0 radical (unpaired) electrons. The second-order valence-electron chi connectivity index (χ2n) is 2.64. The number of carboxylic acids is 1. The summed E-state index contributed by atoms with van der Waals surface area (Å²) in [4.78, 5) is 10.5. The fourth-order valence-electron chi connectivity index (χ4n) is 1.00. The van der Waals surface area contributed by atoms with Gasteiger partial charge in [0.15, 0.2) is 0 Å². The molecule has 0 aliphatic carbocycles. The normalized spacial score (nSPS) is 10.0. The number of hydrogen-bond donors (Lipinski definition) is 2. The highest BCUT2D eigenvalue weighted by Crippen LogP contribution is 2.18. The third kappa shape index (κ3) is 2.73. The van der Waals surface area contributed by atoms with Gasteiger partial charge in [0, 0.05) is 11.3 Å². The first-order valence-corrected chi connectivity index (χ1v) is 4.24. The number of hydrogen-bond acceptors (Lipinski definition) is 2. The first-order valence-electron chi connectivity index (χ1n) is 3.79. The lowest BCUT2D eigenvalue weighted by Crippen LogP contribution is -1.98. The van der Waals surface area contributed by atoms with E-state index in [0.717, 1.165) is 0 Å². The number of rotatable bonds is 3. The molecule has 0 saturated heterocycles. The summed E-state index contributed by atoms with van der Waals surface area (Å²) in [5, 5.41) is 8.42. The highest BCUT2D eigenvalue weighted by Gasteiger charge is 2.05. The van der Waals surface area contributed by atoms with Crippen LogP contribution in [0.15, 0.2) is 23.1 Å². The molecule has 1 rings (SSSR count).